The van der Waals surface area contributed by atoms with Crippen molar-refractivity contribution in [1.82, 2.24) is 24.6 Å². The molecule has 1 aliphatic carbocycles. The van der Waals surface area contributed by atoms with Gasteiger partial charge in [-0.15, -0.1) is 10.2 Å². The zero-order valence-electron chi connectivity index (χ0n) is 23.5. The summed E-state index contributed by atoms with van der Waals surface area (Å²) in [6, 6.07) is 8.09. The summed E-state index contributed by atoms with van der Waals surface area (Å²) in [6.45, 7) is 11.1. The van der Waals surface area contributed by atoms with Crippen LogP contribution in [-0.4, -0.2) is 50.4 Å². The van der Waals surface area contributed by atoms with Gasteiger partial charge in [-0.1, -0.05) is 45.4 Å². The molecule has 2 fully saturated rings. The quantitative estimate of drug-likeness (QED) is 0.405. The van der Waals surface area contributed by atoms with Gasteiger partial charge in [-0.25, -0.2) is 0 Å². The van der Waals surface area contributed by atoms with Crippen LogP contribution in [0.25, 0.3) is 0 Å². The number of allylic oxidation sites excluding steroid dienone is 1. The average Bonchev–Trinajstić information content (AvgIpc) is 3.49. The van der Waals surface area contributed by atoms with E-state index in [1.807, 2.05) is 29.9 Å². The first-order chi connectivity index (χ1) is 19.0. The number of rotatable bonds is 6. The number of aryl methyl sites for hydroxylation is 1. The van der Waals surface area contributed by atoms with Crippen LogP contribution in [-0.2, 0) is 12.5 Å². The summed E-state index contributed by atoms with van der Waals surface area (Å²) in [5, 5.41) is 8.66. The molecule has 1 aromatic heterocycles. The third-order valence-electron chi connectivity index (χ3n) is 9.25. The van der Waals surface area contributed by atoms with Gasteiger partial charge in [0.2, 0.25) is 0 Å². The SMILES string of the molecule is C=C1N2C=C(CN3CCCCC3)C=C(C(F)(F)F)C2=CN1c1cccc(C2(c3nncn3C)CC(C)(CC)C2)c1. The van der Waals surface area contributed by atoms with Crippen molar-refractivity contribution < 1.29 is 13.2 Å². The van der Waals surface area contributed by atoms with E-state index in [4.69, 9.17) is 0 Å². The molecule has 0 unspecified atom stereocenters. The molecule has 0 radical (unpaired) electrons. The van der Waals surface area contributed by atoms with Gasteiger partial charge in [-0.3, -0.25) is 4.90 Å². The Bertz CT molecular complexity index is 1400. The Labute approximate surface area is 234 Å². The number of aromatic nitrogens is 3. The standard InChI is InChI=1S/C31H37F3N6/c1-5-29(3)19-30(20-29,28-36-35-21-37(28)4)24-10-9-11-25(15-24)39-18-27-26(31(32,33)34)14-23(17-40(27)22(39)2)16-38-12-7-6-8-13-38/h9-11,14-15,17-18,21H,2,5-8,12-13,16,19-20H2,1,3-4H3. The molecule has 6 rings (SSSR count). The van der Waals surface area contributed by atoms with Crippen LogP contribution in [0.4, 0.5) is 18.9 Å². The molecule has 0 spiro atoms. The van der Waals surface area contributed by atoms with Crippen molar-refractivity contribution in [3.05, 3.63) is 89.7 Å². The van der Waals surface area contributed by atoms with E-state index in [2.05, 4.69) is 47.7 Å². The lowest BCUT2D eigenvalue weighted by Gasteiger charge is -2.54. The minimum absolute atomic E-state index is 0.107. The largest absolute Gasteiger partial charge is 0.418 e. The molecule has 2 aromatic rings. The van der Waals surface area contributed by atoms with E-state index in [-0.39, 0.29) is 16.5 Å². The lowest BCUT2D eigenvalue weighted by molar-refractivity contribution is -0.0909. The Balaban J connectivity index is 1.35. The van der Waals surface area contributed by atoms with Gasteiger partial charge in [0.15, 0.2) is 0 Å². The average molecular weight is 551 g/mol. The summed E-state index contributed by atoms with van der Waals surface area (Å²) in [7, 11) is 1.96. The number of anilines is 1. The van der Waals surface area contributed by atoms with E-state index in [0.29, 0.717) is 17.9 Å². The van der Waals surface area contributed by atoms with Gasteiger partial charge in [0.05, 0.1) is 16.7 Å². The van der Waals surface area contributed by atoms with Crippen molar-refractivity contribution in [2.24, 2.45) is 12.5 Å². The lowest BCUT2D eigenvalue weighted by Crippen LogP contribution is -2.50. The summed E-state index contributed by atoms with van der Waals surface area (Å²) < 4.78 is 44.9. The molecule has 0 amide bonds. The summed E-state index contributed by atoms with van der Waals surface area (Å²) in [5.41, 5.74) is 1.90. The van der Waals surface area contributed by atoms with Crippen LogP contribution in [0, 0.1) is 5.41 Å². The summed E-state index contributed by atoms with van der Waals surface area (Å²) in [6.07, 6.45) is 8.24. The Kier molecular flexibility index (Phi) is 6.48. The van der Waals surface area contributed by atoms with Gasteiger partial charge in [0.25, 0.3) is 0 Å². The molecule has 1 saturated carbocycles. The maximum absolute atomic E-state index is 14.3. The van der Waals surface area contributed by atoms with Gasteiger partial charge in [0.1, 0.15) is 18.0 Å². The monoisotopic (exact) mass is 550 g/mol. The fourth-order valence-corrected chi connectivity index (χ4v) is 7.05. The number of benzene rings is 1. The van der Waals surface area contributed by atoms with Crippen LogP contribution in [0.2, 0.25) is 0 Å². The molecule has 6 nitrogen and oxygen atoms in total. The number of halogens is 3. The van der Waals surface area contributed by atoms with Crippen molar-refractivity contribution in [2.45, 2.75) is 64.0 Å². The highest BCUT2D eigenvalue weighted by Crippen LogP contribution is 2.60. The van der Waals surface area contributed by atoms with Gasteiger partial charge < -0.3 is 14.4 Å². The predicted molar refractivity (Wildman–Crippen MR) is 150 cm³/mol. The van der Waals surface area contributed by atoms with Gasteiger partial charge in [-0.2, -0.15) is 13.2 Å². The van der Waals surface area contributed by atoms with E-state index < -0.39 is 11.7 Å². The zero-order chi connectivity index (χ0) is 28.3. The third kappa shape index (κ3) is 4.48. The summed E-state index contributed by atoms with van der Waals surface area (Å²) >= 11 is 0. The highest BCUT2D eigenvalue weighted by atomic mass is 19.4. The van der Waals surface area contributed by atoms with Crippen molar-refractivity contribution in [3.8, 4) is 0 Å². The highest BCUT2D eigenvalue weighted by Gasteiger charge is 2.55. The molecule has 4 heterocycles. The number of alkyl halides is 3. The van der Waals surface area contributed by atoms with Crippen LogP contribution in [0.5, 0.6) is 0 Å². The Morgan fingerprint density at radius 3 is 2.45 bits per heavy atom. The molecule has 4 aliphatic rings. The molecule has 3 aliphatic heterocycles. The van der Waals surface area contributed by atoms with Gasteiger partial charge in [0, 0.05) is 31.7 Å². The molecule has 0 bridgehead atoms. The summed E-state index contributed by atoms with van der Waals surface area (Å²) in [4.78, 5) is 5.62. The van der Waals surface area contributed by atoms with E-state index in [9.17, 15) is 13.2 Å². The van der Waals surface area contributed by atoms with Crippen molar-refractivity contribution in [3.63, 3.8) is 0 Å². The normalized spacial score (nSPS) is 27.2. The Hall–Kier alpha value is -3.33. The molecular formula is C31H37F3N6. The van der Waals surface area contributed by atoms with E-state index in [0.717, 1.165) is 62.3 Å². The van der Waals surface area contributed by atoms with Crippen molar-refractivity contribution in [2.75, 3.05) is 24.5 Å². The number of fused-ring (bicyclic) bond motifs is 1. The van der Waals surface area contributed by atoms with E-state index in [1.165, 1.54) is 12.5 Å². The van der Waals surface area contributed by atoms with Crippen LogP contribution >= 0.6 is 0 Å². The Morgan fingerprint density at radius 1 is 1.05 bits per heavy atom. The second kappa shape index (κ2) is 9.65. The first-order valence-corrected chi connectivity index (χ1v) is 14.2. The summed E-state index contributed by atoms with van der Waals surface area (Å²) in [5.74, 6) is 1.40. The second-order valence-corrected chi connectivity index (χ2v) is 12.2. The predicted octanol–water partition coefficient (Wildman–Crippen LogP) is 6.62. The van der Waals surface area contributed by atoms with Gasteiger partial charge in [-0.05, 0) is 73.5 Å². The van der Waals surface area contributed by atoms with Crippen molar-refractivity contribution in [1.29, 1.82) is 0 Å². The minimum Gasteiger partial charge on any atom is -0.320 e. The number of piperidine rings is 1. The number of hydrogen-bond donors (Lipinski definition) is 0. The topological polar surface area (TPSA) is 40.4 Å². The van der Waals surface area contributed by atoms with Crippen LogP contribution < -0.4 is 4.90 Å². The molecule has 40 heavy (non-hydrogen) atoms. The highest BCUT2D eigenvalue weighted by molar-refractivity contribution is 5.65. The number of likely N-dealkylation sites (tertiary alicyclic amines) is 1. The van der Waals surface area contributed by atoms with E-state index >= 15 is 0 Å². The molecule has 0 N–H and O–H groups in total. The third-order valence-corrected chi connectivity index (χ3v) is 9.25. The van der Waals surface area contributed by atoms with Crippen LogP contribution in [0.3, 0.4) is 0 Å². The zero-order valence-corrected chi connectivity index (χ0v) is 23.5. The molecule has 1 aromatic carbocycles. The first kappa shape index (κ1) is 26.9. The molecule has 0 atom stereocenters. The number of nitrogens with zero attached hydrogens (tertiary/aromatic N) is 6. The Morgan fingerprint density at radius 2 is 1.80 bits per heavy atom. The molecule has 1 saturated heterocycles. The fraction of sp³-hybridized carbons (Fsp3) is 0.484. The van der Waals surface area contributed by atoms with Crippen LogP contribution in [0.15, 0.2) is 78.3 Å². The molecular weight excluding hydrogens is 513 g/mol. The van der Waals surface area contributed by atoms with E-state index in [1.54, 1.807) is 22.3 Å². The smallest absolute Gasteiger partial charge is 0.320 e. The van der Waals surface area contributed by atoms with Crippen LogP contribution in [0.1, 0.15) is 63.8 Å². The molecule has 212 valence electrons. The lowest BCUT2D eigenvalue weighted by atomic mass is 9.50. The number of hydrogen-bond acceptors (Lipinski definition) is 5. The molecule has 9 heteroatoms. The maximum Gasteiger partial charge on any atom is 0.418 e. The van der Waals surface area contributed by atoms with Crippen molar-refractivity contribution >= 4 is 5.69 Å². The fourth-order valence-electron chi connectivity index (χ4n) is 7.05. The maximum atomic E-state index is 14.3. The first-order valence-electron chi connectivity index (χ1n) is 14.2. The van der Waals surface area contributed by atoms with Gasteiger partial charge >= 0.3 is 6.18 Å². The minimum atomic E-state index is -4.48. The second-order valence-electron chi connectivity index (χ2n) is 12.2.